The molecule has 0 bridgehead atoms. The molecule has 0 aliphatic heterocycles. The second kappa shape index (κ2) is 7.92. The van der Waals surface area contributed by atoms with Crippen LogP contribution in [0.25, 0.3) is 10.2 Å². The summed E-state index contributed by atoms with van der Waals surface area (Å²) in [5.41, 5.74) is 1.63. The number of benzene rings is 2. The van der Waals surface area contributed by atoms with Gasteiger partial charge in [0.15, 0.2) is 10.9 Å². The lowest BCUT2D eigenvalue weighted by atomic mass is 10.2. The number of carbonyl (C=O) groups excluding carboxylic acids is 1. The Morgan fingerprint density at radius 2 is 1.90 bits per heavy atom. The number of amides is 1. The highest BCUT2D eigenvalue weighted by atomic mass is 32.2. The smallest absolute Gasteiger partial charge is 0.296 e. The van der Waals surface area contributed by atoms with E-state index in [1.165, 1.54) is 28.4 Å². The van der Waals surface area contributed by atoms with Crippen molar-refractivity contribution < 1.29 is 22.4 Å². The summed E-state index contributed by atoms with van der Waals surface area (Å²) in [6.07, 6.45) is 1.03. The summed E-state index contributed by atoms with van der Waals surface area (Å²) in [6, 6.07) is 17.6. The third-order valence-electron chi connectivity index (χ3n) is 4.40. The topological polar surface area (TPSA) is 89.7 Å². The number of nitrogens with zero attached hydrogens (tertiary/aromatic N) is 2. The monoisotopic (exact) mass is 442 g/mol. The number of methoxy groups -OCH3 is 1. The highest BCUT2D eigenvalue weighted by molar-refractivity contribution is 7.90. The molecule has 9 heteroatoms. The quantitative estimate of drug-likeness (QED) is 0.446. The van der Waals surface area contributed by atoms with Gasteiger partial charge in [-0.2, -0.15) is 0 Å². The molecule has 0 N–H and O–H groups in total. The number of furan rings is 1. The number of hydrogen-bond donors (Lipinski definition) is 0. The summed E-state index contributed by atoms with van der Waals surface area (Å²) in [5, 5.41) is 0.226. The first-order valence-corrected chi connectivity index (χ1v) is 11.7. The number of aromatic nitrogens is 1. The number of carbonyl (C=O) groups is 1. The second-order valence-corrected chi connectivity index (χ2v) is 9.55. The van der Waals surface area contributed by atoms with E-state index in [2.05, 4.69) is 4.98 Å². The van der Waals surface area contributed by atoms with Crippen molar-refractivity contribution in [3.8, 4) is 5.75 Å². The van der Waals surface area contributed by atoms with Crippen LogP contribution < -0.4 is 9.64 Å². The molecule has 2 heterocycles. The largest absolute Gasteiger partial charge is 0.497 e. The molecule has 0 saturated carbocycles. The molecule has 4 rings (SSSR count). The van der Waals surface area contributed by atoms with Gasteiger partial charge in [-0.1, -0.05) is 41.7 Å². The molecule has 0 aliphatic rings. The Morgan fingerprint density at radius 1 is 1.13 bits per heavy atom. The number of hydrogen-bond acceptors (Lipinski definition) is 7. The van der Waals surface area contributed by atoms with E-state index in [0.29, 0.717) is 10.9 Å². The van der Waals surface area contributed by atoms with Gasteiger partial charge in [-0.15, -0.1) is 0 Å². The van der Waals surface area contributed by atoms with Gasteiger partial charge in [-0.05, 0) is 35.9 Å². The predicted octanol–water partition coefficient (Wildman–Crippen LogP) is 4.15. The van der Waals surface area contributed by atoms with E-state index in [1.807, 2.05) is 42.5 Å². The number of fused-ring (bicyclic) bond motifs is 1. The van der Waals surface area contributed by atoms with Crippen LogP contribution in [0.4, 0.5) is 5.13 Å². The van der Waals surface area contributed by atoms with Crippen molar-refractivity contribution in [3.63, 3.8) is 0 Å². The lowest BCUT2D eigenvalue weighted by Crippen LogP contribution is -2.30. The highest BCUT2D eigenvalue weighted by Gasteiger charge is 2.26. The highest BCUT2D eigenvalue weighted by Crippen LogP contribution is 2.33. The summed E-state index contributed by atoms with van der Waals surface area (Å²) in [7, 11) is -1.97. The molecule has 2 aromatic carbocycles. The lowest BCUT2D eigenvalue weighted by molar-refractivity contribution is 0.0953. The van der Waals surface area contributed by atoms with Crippen molar-refractivity contribution in [2.75, 3.05) is 18.3 Å². The van der Waals surface area contributed by atoms with Crippen molar-refractivity contribution >= 4 is 42.4 Å². The fraction of sp³-hybridized carbons (Fsp3) is 0.143. The Hall–Kier alpha value is -3.17. The first kappa shape index (κ1) is 20.1. The molecular weight excluding hydrogens is 424 g/mol. The molecular formula is C21H18N2O5S2. The zero-order valence-electron chi connectivity index (χ0n) is 16.2. The van der Waals surface area contributed by atoms with E-state index < -0.39 is 15.7 Å². The Kier molecular flexibility index (Phi) is 5.31. The average Bonchev–Trinajstić information content (AvgIpc) is 3.38. The van der Waals surface area contributed by atoms with Crippen molar-refractivity contribution in [2.24, 2.45) is 0 Å². The van der Waals surface area contributed by atoms with E-state index in [9.17, 15) is 13.2 Å². The molecule has 7 nitrogen and oxygen atoms in total. The Balaban J connectivity index is 1.76. The molecule has 0 unspecified atom stereocenters. The molecule has 2 aromatic heterocycles. The van der Waals surface area contributed by atoms with Crippen LogP contribution in [-0.2, 0) is 16.4 Å². The predicted molar refractivity (Wildman–Crippen MR) is 115 cm³/mol. The first-order chi connectivity index (χ1) is 14.3. The third-order valence-corrected chi connectivity index (χ3v) is 6.39. The fourth-order valence-electron chi connectivity index (χ4n) is 2.89. The van der Waals surface area contributed by atoms with Gasteiger partial charge in [0.25, 0.3) is 5.91 Å². The summed E-state index contributed by atoms with van der Waals surface area (Å²) in [6.45, 7) is 0.255. The Morgan fingerprint density at radius 3 is 2.57 bits per heavy atom. The molecule has 0 fully saturated rings. The number of rotatable bonds is 6. The summed E-state index contributed by atoms with van der Waals surface area (Å²) < 4.78 is 34.9. The van der Waals surface area contributed by atoms with Crippen LogP contribution in [0.15, 0.2) is 70.2 Å². The summed E-state index contributed by atoms with van der Waals surface area (Å²) in [5.74, 6) is 0.158. The van der Waals surface area contributed by atoms with Crippen molar-refractivity contribution in [1.82, 2.24) is 4.98 Å². The standard InChI is InChI=1S/C21H18N2O5S2/c1-27-15-8-9-16-18(12-15)29-21(22-16)23(13-14-6-4-3-5-7-14)20(24)17-10-11-19(28-17)30(2,25)26/h3-12H,13H2,1-2H3. The minimum absolute atomic E-state index is 0.0665. The van der Waals surface area contributed by atoms with Gasteiger partial charge >= 0.3 is 0 Å². The van der Waals surface area contributed by atoms with Gasteiger partial charge in [0.05, 0.1) is 23.9 Å². The Bertz CT molecular complexity index is 1310. The van der Waals surface area contributed by atoms with Crippen LogP contribution >= 0.6 is 11.3 Å². The fourth-order valence-corrected chi connectivity index (χ4v) is 4.44. The average molecular weight is 443 g/mol. The molecule has 30 heavy (non-hydrogen) atoms. The van der Waals surface area contributed by atoms with Gasteiger partial charge in [0, 0.05) is 6.26 Å². The molecule has 0 atom stereocenters. The maximum atomic E-state index is 13.3. The van der Waals surface area contributed by atoms with E-state index in [1.54, 1.807) is 13.2 Å². The normalized spacial score (nSPS) is 11.5. The minimum atomic E-state index is -3.56. The van der Waals surface area contributed by atoms with Crippen molar-refractivity contribution in [1.29, 1.82) is 0 Å². The van der Waals surface area contributed by atoms with Crippen LogP contribution in [-0.4, -0.2) is 32.7 Å². The molecule has 0 aliphatic carbocycles. The van der Waals surface area contributed by atoms with E-state index in [-0.39, 0.29) is 17.4 Å². The van der Waals surface area contributed by atoms with Crippen molar-refractivity contribution in [3.05, 3.63) is 72.0 Å². The zero-order valence-corrected chi connectivity index (χ0v) is 17.9. The molecule has 0 radical (unpaired) electrons. The molecule has 1 amide bonds. The molecule has 154 valence electrons. The van der Waals surface area contributed by atoms with Gasteiger partial charge in [0.1, 0.15) is 5.75 Å². The van der Waals surface area contributed by atoms with Crippen LogP contribution in [0.2, 0.25) is 0 Å². The number of thiazole rings is 1. The maximum absolute atomic E-state index is 13.3. The van der Waals surface area contributed by atoms with E-state index in [4.69, 9.17) is 9.15 Å². The summed E-state index contributed by atoms with van der Waals surface area (Å²) in [4.78, 5) is 19.3. The van der Waals surface area contributed by atoms with Crippen molar-refractivity contribution in [2.45, 2.75) is 11.6 Å². The number of ether oxygens (including phenoxy) is 1. The number of sulfone groups is 1. The SMILES string of the molecule is COc1ccc2nc(N(Cc3ccccc3)C(=O)c3ccc(S(C)(=O)=O)o3)sc2c1. The second-order valence-electron chi connectivity index (χ2n) is 6.60. The minimum Gasteiger partial charge on any atom is -0.497 e. The van der Waals surface area contributed by atoms with Crippen LogP contribution in [0.3, 0.4) is 0 Å². The van der Waals surface area contributed by atoms with Crippen LogP contribution in [0.1, 0.15) is 16.1 Å². The van der Waals surface area contributed by atoms with E-state index >= 15 is 0 Å². The zero-order chi connectivity index (χ0) is 21.3. The van der Waals surface area contributed by atoms with Gasteiger partial charge in [-0.3, -0.25) is 9.69 Å². The third kappa shape index (κ3) is 4.07. The van der Waals surface area contributed by atoms with Crippen LogP contribution in [0.5, 0.6) is 5.75 Å². The first-order valence-electron chi connectivity index (χ1n) is 8.95. The molecule has 0 saturated heterocycles. The van der Waals surface area contributed by atoms with E-state index in [0.717, 1.165) is 22.0 Å². The van der Waals surface area contributed by atoms with Crippen LogP contribution in [0, 0.1) is 0 Å². The lowest BCUT2D eigenvalue weighted by Gasteiger charge is -2.18. The van der Waals surface area contributed by atoms with Gasteiger partial charge < -0.3 is 9.15 Å². The Labute approximate surface area is 177 Å². The van der Waals surface area contributed by atoms with Gasteiger partial charge in [-0.25, -0.2) is 13.4 Å². The maximum Gasteiger partial charge on any atom is 0.296 e. The van der Waals surface area contributed by atoms with Gasteiger partial charge in [0.2, 0.25) is 14.9 Å². The molecule has 0 spiro atoms. The number of anilines is 1. The summed E-state index contributed by atoms with van der Waals surface area (Å²) >= 11 is 1.34. The molecule has 4 aromatic rings.